The summed E-state index contributed by atoms with van der Waals surface area (Å²) in [5.74, 6) is 2.28. The maximum absolute atomic E-state index is 13.1. The van der Waals surface area contributed by atoms with Gasteiger partial charge in [0.05, 0.1) is 30.6 Å². The van der Waals surface area contributed by atoms with Crippen molar-refractivity contribution >= 4 is 10.9 Å². The van der Waals surface area contributed by atoms with Gasteiger partial charge in [-0.3, -0.25) is 9.69 Å². The fraction of sp³-hybridized carbons (Fsp3) is 0.308. The number of furan rings is 2. The highest BCUT2D eigenvalue weighted by Gasteiger charge is 2.27. The number of nitrogens with one attached hydrogen (secondary N) is 1. The van der Waals surface area contributed by atoms with Crippen LogP contribution in [0.3, 0.4) is 0 Å². The number of tetrazole rings is 1. The van der Waals surface area contributed by atoms with Crippen molar-refractivity contribution in [1.82, 2.24) is 30.1 Å². The van der Waals surface area contributed by atoms with Gasteiger partial charge in [-0.25, -0.2) is 4.68 Å². The number of fused-ring (bicyclic) bond motifs is 1. The normalized spacial score (nSPS) is 12.6. The summed E-state index contributed by atoms with van der Waals surface area (Å²) in [5, 5.41) is 13.5. The Bertz CT molecular complexity index is 1470. The lowest BCUT2D eigenvalue weighted by molar-refractivity contribution is 0.149. The van der Waals surface area contributed by atoms with Crippen molar-refractivity contribution in [1.29, 1.82) is 0 Å². The number of nitrogens with zero attached hydrogens (tertiary/aromatic N) is 5. The maximum atomic E-state index is 13.1. The Kier molecular flexibility index (Phi) is 6.33. The predicted octanol–water partition coefficient (Wildman–Crippen LogP) is 4.52. The van der Waals surface area contributed by atoms with Gasteiger partial charge in [0.1, 0.15) is 18.1 Å². The third-order valence-corrected chi connectivity index (χ3v) is 6.25. The molecule has 0 aliphatic carbocycles. The van der Waals surface area contributed by atoms with E-state index in [-0.39, 0.29) is 11.6 Å². The number of aryl methyl sites for hydroxylation is 2. The van der Waals surface area contributed by atoms with Crippen LogP contribution in [0.5, 0.6) is 0 Å². The Balaban J connectivity index is 1.52. The summed E-state index contributed by atoms with van der Waals surface area (Å²) in [6.45, 7) is 7.50. The molecule has 1 atom stereocenters. The number of benzene rings is 1. The zero-order chi connectivity index (χ0) is 24.4. The van der Waals surface area contributed by atoms with Gasteiger partial charge in [0.15, 0.2) is 5.82 Å². The number of aromatic nitrogens is 5. The summed E-state index contributed by atoms with van der Waals surface area (Å²) in [7, 11) is 0. The second-order valence-electron chi connectivity index (χ2n) is 8.85. The first-order chi connectivity index (χ1) is 17.0. The molecule has 5 rings (SSSR count). The van der Waals surface area contributed by atoms with E-state index in [1.165, 1.54) is 0 Å². The molecule has 0 saturated heterocycles. The summed E-state index contributed by atoms with van der Waals surface area (Å²) in [6.07, 6.45) is 4.03. The van der Waals surface area contributed by atoms with Gasteiger partial charge in [0.25, 0.3) is 5.56 Å². The van der Waals surface area contributed by atoms with Crippen molar-refractivity contribution in [2.45, 2.75) is 52.9 Å². The van der Waals surface area contributed by atoms with Gasteiger partial charge in [-0.2, -0.15) is 0 Å². The van der Waals surface area contributed by atoms with Crippen LogP contribution in [-0.2, 0) is 19.6 Å². The smallest absolute Gasteiger partial charge is 0.252 e. The van der Waals surface area contributed by atoms with E-state index in [1.54, 1.807) is 17.2 Å². The summed E-state index contributed by atoms with van der Waals surface area (Å²) in [4.78, 5) is 18.4. The summed E-state index contributed by atoms with van der Waals surface area (Å²) in [6, 6.07) is 13.5. The molecule has 0 bridgehead atoms. The molecule has 0 fully saturated rings. The van der Waals surface area contributed by atoms with Crippen molar-refractivity contribution in [3.63, 3.8) is 0 Å². The maximum Gasteiger partial charge on any atom is 0.252 e. The third kappa shape index (κ3) is 4.81. The van der Waals surface area contributed by atoms with Crippen LogP contribution >= 0.6 is 0 Å². The van der Waals surface area contributed by atoms with E-state index in [9.17, 15) is 4.79 Å². The Morgan fingerprint density at radius 3 is 2.54 bits per heavy atom. The van der Waals surface area contributed by atoms with Crippen LogP contribution < -0.4 is 5.56 Å². The summed E-state index contributed by atoms with van der Waals surface area (Å²) >= 11 is 0. The fourth-order valence-corrected chi connectivity index (χ4v) is 4.66. The van der Waals surface area contributed by atoms with E-state index in [1.807, 2.05) is 37.3 Å². The van der Waals surface area contributed by atoms with E-state index in [0.29, 0.717) is 31.0 Å². The molecule has 1 aromatic carbocycles. The van der Waals surface area contributed by atoms with Gasteiger partial charge < -0.3 is 13.8 Å². The van der Waals surface area contributed by atoms with Crippen molar-refractivity contribution in [2.24, 2.45) is 0 Å². The first kappa shape index (κ1) is 22.8. The zero-order valence-corrected chi connectivity index (χ0v) is 20.1. The largest absolute Gasteiger partial charge is 0.468 e. The van der Waals surface area contributed by atoms with Gasteiger partial charge in [-0.05, 0) is 78.0 Å². The number of hydrogen-bond acceptors (Lipinski definition) is 7. The third-order valence-electron chi connectivity index (χ3n) is 6.25. The monoisotopic (exact) mass is 472 g/mol. The van der Waals surface area contributed by atoms with Crippen LogP contribution in [0.2, 0.25) is 0 Å². The molecule has 0 saturated carbocycles. The minimum Gasteiger partial charge on any atom is -0.468 e. The van der Waals surface area contributed by atoms with Crippen LogP contribution in [-0.4, -0.2) is 30.1 Å². The molecule has 0 radical (unpaired) electrons. The van der Waals surface area contributed by atoms with Crippen molar-refractivity contribution in [2.75, 3.05) is 0 Å². The average molecular weight is 473 g/mol. The molecule has 35 heavy (non-hydrogen) atoms. The fourth-order valence-electron chi connectivity index (χ4n) is 4.66. The highest BCUT2D eigenvalue weighted by molar-refractivity contribution is 5.82. The average Bonchev–Trinajstić information content (AvgIpc) is 3.60. The lowest BCUT2D eigenvalue weighted by Gasteiger charge is -2.29. The SMILES string of the molecule is CC[C@@H](c1nnnn1Cc1ccco1)N(Cc1ccco1)Cc1cc2cc(C)cc(C)c2[nH]c1=O. The van der Waals surface area contributed by atoms with E-state index < -0.39 is 0 Å². The van der Waals surface area contributed by atoms with Gasteiger partial charge >= 0.3 is 0 Å². The van der Waals surface area contributed by atoms with Gasteiger partial charge in [0.2, 0.25) is 0 Å². The molecule has 0 unspecified atom stereocenters. The molecule has 0 aliphatic heterocycles. The quantitative estimate of drug-likeness (QED) is 0.336. The molecule has 180 valence electrons. The number of H-pyrrole nitrogens is 1. The van der Waals surface area contributed by atoms with Crippen molar-refractivity contribution < 1.29 is 8.83 Å². The topological polar surface area (TPSA) is 106 Å². The Morgan fingerprint density at radius 2 is 1.83 bits per heavy atom. The van der Waals surface area contributed by atoms with Crippen LogP contribution in [0.15, 0.2) is 68.6 Å². The first-order valence-electron chi connectivity index (χ1n) is 11.7. The lowest BCUT2D eigenvalue weighted by Crippen LogP contribution is -2.32. The summed E-state index contributed by atoms with van der Waals surface area (Å²) < 4.78 is 12.9. The second kappa shape index (κ2) is 9.71. The van der Waals surface area contributed by atoms with Crippen LogP contribution in [0, 0.1) is 13.8 Å². The molecule has 0 amide bonds. The van der Waals surface area contributed by atoms with E-state index >= 15 is 0 Å². The molecule has 9 heteroatoms. The Hall–Kier alpha value is -3.98. The second-order valence-corrected chi connectivity index (χ2v) is 8.85. The first-order valence-corrected chi connectivity index (χ1v) is 11.7. The number of rotatable bonds is 9. The molecule has 4 heterocycles. The van der Waals surface area contributed by atoms with E-state index in [2.05, 4.69) is 51.4 Å². The molecule has 0 spiro atoms. The zero-order valence-electron chi connectivity index (χ0n) is 20.1. The highest BCUT2D eigenvalue weighted by atomic mass is 16.3. The van der Waals surface area contributed by atoms with Crippen LogP contribution in [0.25, 0.3) is 10.9 Å². The molecule has 4 aromatic heterocycles. The summed E-state index contributed by atoms with van der Waals surface area (Å²) in [5.41, 5.74) is 3.66. The number of pyridine rings is 1. The number of hydrogen-bond donors (Lipinski definition) is 1. The highest BCUT2D eigenvalue weighted by Crippen LogP contribution is 2.27. The molecule has 9 nitrogen and oxygen atoms in total. The molecule has 1 N–H and O–H groups in total. The van der Waals surface area contributed by atoms with Gasteiger partial charge in [0, 0.05) is 12.1 Å². The predicted molar refractivity (Wildman–Crippen MR) is 131 cm³/mol. The standard InChI is InChI=1S/C26H28N6O3/c1-4-23(25-28-29-30-32(25)16-22-8-6-10-35-22)31(15-21-7-5-9-34-21)14-20-13-19-12-17(2)11-18(3)24(19)27-26(20)33/h5-13,23H,4,14-16H2,1-3H3,(H,27,33)/t23-/m0/s1. The van der Waals surface area contributed by atoms with E-state index in [0.717, 1.165) is 40.0 Å². The van der Waals surface area contributed by atoms with Crippen LogP contribution in [0.4, 0.5) is 0 Å². The molecular weight excluding hydrogens is 444 g/mol. The van der Waals surface area contributed by atoms with Gasteiger partial charge in [-0.15, -0.1) is 5.10 Å². The van der Waals surface area contributed by atoms with Crippen molar-refractivity contribution in [3.05, 3.63) is 99.4 Å². The minimum atomic E-state index is -0.153. The van der Waals surface area contributed by atoms with Crippen LogP contribution in [0.1, 0.15) is 53.4 Å². The molecular formula is C26H28N6O3. The Morgan fingerprint density at radius 1 is 1.06 bits per heavy atom. The Labute approximate surface area is 202 Å². The number of aromatic amines is 1. The van der Waals surface area contributed by atoms with Gasteiger partial charge in [-0.1, -0.05) is 18.6 Å². The van der Waals surface area contributed by atoms with Crippen molar-refractivity contribution in [3.8, 4) is 0 Å². The molecule has 5 aromatic rings. The van der Waals surface area contributed by atoms with E-state index in [4.69, 9.17) is 8.83 Å². The lowest BCUT2D eigenvalue weighted by atomic mass is 10.0. The molecule has 0 aliphatic rings. The minimum absolute atomic E-state index is 0.0982.